The van der Waals surface area contributed by atoms with Gasteiger partial charge in [-0.3, -0.25) is 9.78 Å². The number of nitrogens with two attached hydrogens (primary N) is 1. The van der Waals surface area contributed by atoms with Crippen LogP contribution in [0.2, 0.25) is 0 Å². The van der Waals surface area contributed by atoms with Crippen molar-refractivity contribution in [3.63, 3.8) is 0 Å². The molecule has 98 valence electrons. The molecule has 0 aliphatic carbocycles. The van der Waals surface area contributed by atoms with Crippen molar-refractivity contribution in [2.45, 2.75) is 13.3 Å². The van der Waals surface area contributed by atoms with Gasteiger partial charge < -0.3 is 11.1 Å². The summed E-state index contributed by atoms with van der Waals surface area (Å²) in [5.41, 5.74) is 7.86. The number of amides is 1. The molecule has 5 heteroatoms. The molecule has 0 radical (unpaired) electrons. The lowest BCUT2D eigenvalue weighted by atomic mass is 10.2. The molecule has 0 unspecified atom stereocenters. The first-order chi connectivity index (χ1) is 9.02. The molecule has 19 heavy (non-hydrogen) atoms. The molecule has 0 saturated carbocycles. The van der Waals surface area contributed by atoms with Crippen molar-refractivity contribution in [2.75, 3.05) is 11.1 Å². The number of benzene rings is 1. The Kier molecular flexibility index (Phi) is 3.75. The average Bonchev–Trinajstić information content (AvgIpc) is 2.30. The van der Waals surface area contributed by atoms with Crippen LogP contribution in [0.5, 0.6) is 0 Å². The van der Waals surface area contributed by atoms with Crippen molar-refractivity contribution in [3.05, 3.63) is 53.6 Å². The van der Waals surface area contributed by atoms with E-state index in [2.05, 4.69) is 10.3 Å². The predicted molar refractivity (Wildman–Crippen MR) is 72.1 cm³/mol. The molecule has 0 aliphatic rings. The number of nitrogen functional groups attached to an aromatic ring is 1. The van der Waals surface area contributed by atoms with E-state index in [1.807, 2.05) is 0 Å². The number of nitrogens with one attached hydrogen (secondary N) is 1. The summed E-state index contributed by atoms with van der Waals surface area (Å²) in [6.07, 6.45) is 1.62. The van der Waals surface area contributed by atoms with E-state index in [0.717, 1.165) is 5.56 Å². The van der Waals surface area contributed by atoms with Crippen LogP contribution in [0.15, 0.2) is 36.5 Å². The summed E-state index contributed by atoms with van der Waals surface area (Å²) < 4.78 is 13.2. The van der Waals surface area contributed by atoms with E-state index in [1.165, 1.54) is 18.3 Å². The lowest BCUT2D eigenvalue weighted by Crippen LogP contribution is -2.15. The highest BCUT2D eigenvalue weighted by Gasteiger charge is 2.06. The van der Waals surface area contributed by atoms with E-state index in [-0.39, 0.29) is 18.1 Å². The van der Waals surface area contributed by atoms with Crippen molar-refractivity contribution in [1.29, 1.82) is 0 Å². The van der Waals surface area contributed by atoms with Crippen LogP contribution in [-0.4, -0.2) is 10.9 Å². The Balaban J connectivity index is 2.03. The summed E-state index contributed by atoms with van der Waals surface area (Å²) >= 11 is 0. The normalized spacial score (nSPS) is 10.2. The van der Waals surface area contributed by atoms with E-state index < -0.39 is 0 Å². The van der Waals surface area contributed by atoms with Crippen molar-refractivity contribution >= 4 is 17.3 Å². The average molecular weight is 259 g/mol. The summed E-state index contributed by atoms with van der Waals surface area (Å²) in [6, 6.07) is 7.75. The Morgan fingerprint density at radius 2 is 2.16 bits per heavy atom. The number of hydrogen-bond acceptors (Lipinski definition) is 3. The molecule has 0 aliphatic heterocycles. The predicted octanol–water partition coefficient (Wildman–Crippen LogP) is 2.29. The van der Waals surface area contributed by atoms with Gasteiger partial charge in [-0.2, -0.15) is 0 Å². The minimum Gasteiger partial charge on any atom is -0.397 e. The fraction of sp³-hybridized carbons (Fsp3) is 0.143. The standard InChI is InChI=1S/C14H14FN3O/c1-9-4-10(15)6-13(5-9)18-14(19)7-12-3-2-11(16)8-17-12/h2-6,8H,7,16H2,1H3,(H,18,19). The SMILES string of the molecule is Cc1cc(F)cc(NC(=O)Cc2ccc(N)cn2)c1. The van der Waals surface area contributed by atoms with Gasteiger partial charge in [0.25, 0.3) is 0 Å². The van der Waals surface area contributed by atoms with Gasteiger partial charge in [-0.25, -0.2) is 4.39 Å². The molecule has 4 nitrogen and oxygen atoms in total. The number of nitrogens with zero attached hydrogens (tertiary/aromatic N) is 1. The van der Waals surface area contributed by atoms with Gasteiger partial charge in [-0.1, -0.05) is 0 Å². The molecule has 2 aromatic rings. The van der Waals surface area contributed by atoms with Crippen LogP contribution < -0.4 is 11.1 Å². The zero-order valence-electron chi connectivity index (χ0n) is 10.5. The van der Waals surface area contributed by atoms with Gasteiger partial charge in [0.1, 0.15) is 5.82 Å². The van der Waals surface area contributed by atoms with Crippen LogP contribution in [0.25, 0.3) is 0 Å². The smallest absolute Gasteiger partial charge is 0.230 e. The molecule has 0 spiro atoms. The number of aromatic nitrogens is 1. The van der Waals surface area contributed by atoms with Crippen molar-refractivity contribution < 1.29 is 9.18 Å². The van der Waals surface area contributed by atoms with Gasteiger partial charge >= 0.3 is 0 Å². The number of carbonyl (C=O) groups excluding carboxylic acids is 1. The maximum atomic E-state index is 13.2. The summed E-state index contributed by atoms with van der Waals surface area (Å²) in [6.45, 7) is 1.76. The minimum atomic E-state index is -0.374. The van der Waals surface area contributed by atoms with Gasteiger partial charge in [0.05, 0.1) is 18.3 Å². The van der Waals surface area contributed by atoms with Crippen molar-refractivity contribution in [3.8, 4) is 0 Å². The maximum Gasteiger partial charge on any atom is 0.230 e. The maximum absolute atomic E-state index is 13.2. The van der Waals surface area contributed by atoms with E-state index >= 15 is 0 Å². The molecule has 0 bridgehead atoms. The number of anilines is 2. The van der Waals surface area contributed by atoms with Crippen LogP contribution >= 0.6 is 0 Å². The number of carbonyl (C=O) groups is 1. The second-order valence-corrected chi connectivity index (χ2v) is 4.33. The van der Waals surface area contributed by atoms with Crippen LogP contribution in [0.3, 0.4) is 0 Å². The molecular weight excluding hydrogens is 245 g/mol. The molecule has 0 fully saturated rings. The largest absolute Gasteiger partial charge is 0.397 e. The number of halogens is 1. The van der Waals surface area contributed by atoms with E-state index in [0.29, 0.717) is 17.1 Å². The quantitative estimate of drug-likeness (QED) is 0.888. The van der Waals surface area contributed by atoms with Gasteiger partial charge in [0.2, 0.25) is 5.91 Å². The fourth-order valence-corrected chi connectivity index (χ4v) is 1.72. The molecule has 1 amide bonds. The number of rotatable bonds is 3. The topological polar surface area (TPSA) is 68.0 Å². The summed E-state index contributed by atoms with van der Waals surface area (Å²) in [5, 5.41) is 2.64. The molecular formula is C14H14FN3O. The highest BCUT2D eigenvalue weighted by Crippen LogP contribution is 2.13. The molecule has 0 saturated heterocycles. The Morgan fingerprint density at radius 1 is 1.37 bits per heavy atom. The lowest BCUT2D eigenvalue weighted by Gasteiger charge is -2.06. The zero-order valence-corrected chi connectivity index (χ0v) is 10.5. The highest BCUT2D eigenvalue weighted by molar-refractivity contribution is 5.92. The summed E-state index contributed by atoms with van der Waals surface area (Å²) in [5.74, 6) is -0.622. The van der Waals surface area contributed by atoms with E-state index in [4.69, 9.17) is 5.73 Å². The Hall–Kier alpha value is -2.43. The molecule has 3 N–H and O–H groups in total. The zero-order chi connectivity index (χ0) is 13.8. The molecule has 1 aromatic carbocycles. The minimum absolute atomic E-state index is 0.121. The second-order valence-electron chi connectivity index (χ2n) is 4.33. The van der Waals surface area contributed by atoms with Crippen molar-refractivity contribution in [2.24, 2.45) is 0 Å². The number of aryl methyl sites for hydroxylation is 1. The second kappa shape index (κ2) is 5.48. The van der Waals surface area contributed by atoms with Crippen molar-refractivity contribution in [1.82, 2.24) is 4.98 Å². The first kappa shape index (κ1) is 13.0. The molecule has 2 rings (SSSR count). The van der Waals surface area contributed by atoms with Crippen LogP contribution in [0.4, 0.5) is 15.8 Å². The highest BCUT2D eigenvalue weighted by atomic mass is 19.1. The third kappa shape index (κ3) is 3.77. The monoisotopic (exact) mass is 259 g/mol. The summed E-state index contributed by atoms with van der Waals surface area (Å²) in [4.78, 5) is 15.8. The third-order valence-corrected chi connectivity index (χ3v) is 2.52. The molecule has 1 heterocycles. The Morgan fingerprint density at radius 3 is 2.79 bits per heavy atom. The number of hydrogen-bond donors (Lipinski definition) is 2. The molecule has 1 aromatic heterocycles. The summed E-state index contributed by atoms with van der Waals surface area (Å²) in [7, 11) is 0. The first-order valence-corrected chi connectivity index (χ1v) is 5.80. The Labute approximate surface area is 110 Å². The fourth-order valence-electron chi connectivity index (χ4n) is 1.72. The van der Waals surface area contributed by atoms with E-state index in [9.17, 15) is 9.18 Å². The van der Waals surface area contributed by atoms with E-state index in [1.54, 1.807) is 25.1 Å². The van der Waals surface area contributed by atoms with Crippen LogP contribution in [0, 0.1) is 12.7 Å². The van der Waals surface area contributed by atoms with Crippen LogP contribution in [0.1, 0.15) is 11.3 Å². The van der Waals surface area contributed by atoms with Gasteiger partial charge in [0.15, 0.2) is 0 Å². The molecule has 0 atom stereocenters. The van der Waals surface area contributed by atoms with Gasteiger partial charge in [0, 0.05) is 11.4 Å². The van der Waals surface area contributed by atoms with Gasteiger partial charge in [-0.05, 0) is 42.8 Å². The first-order valence-electron chi connectivity index (χ1n) is 5.80. The van der Waals surface area contributed by atoms with Crippen LogP contribution in [-0.2, 0) is 11.2 Å². The lowest BCUT2D eigenvalue weighted by molar-refractivity contribution is -0.115. The third-order valence-electron chi connectivity index (χ3n) is 2.52. The van der Waals surface area contributed by atoms with Gasteiger partial charge in [-0.15, -0.1) is 0 Å². The Bertz CT molecular complexity index is 576. The number of pyridine rings is 1.